The van der Waals surface area contributed by atoms with Gasteiger partial charge < -0.3 is 18.9 Å². The molecule has 0 bridgehead atoms. The van der Waals surface area contributed by atoms with Crippen molar-refractivity contribution in [2.24, 2.45) is 0 Å². The smallest absolute Gasteiger partial charge is 0.462 e. The third-order valence-electron chi connectivity index (χ3n) is 1.80. The fourth-order valence-corrected chi connectivity index (χ4v) is 1.64. The van der Waals surface area contributed by atoms with Gasteiger partial charge in [0.05, 0.1) is 4.47 Å². The Labute approximate surface area is 98.2 Å². The highest BCUT2D eigenvalue weighted by Gasteiger charge is 2.45. The molecule has 1 aliphatic rings. The molecule has 0 aromatic heterocycles. The van der Waals surface area contributed by atoms with Crippen LogP contribution in [0.15, 0.2) is 16.6 Å². The Morgan fingerprint density at radius 1 is 1.38 bits per heavy atom. The fourth-order valence-electron chi connectivity index (χ4n) is 1.22. The molecule has 0 aliphatic carbocycles. The van der Waals surface area contributed by atoms with Crippen LogP contribution in [0.3, 0.4) is 0 Å². The quantitative estimate of drug-likeness (QED) is 0.804. The van der Waals surface area contributed by atoms with Crippen LogP contribution in [0.4, 0.5) is 8.78 Å². The lowest BCUT2D eigenvalue weighted by Crippen LogP contribution is -2.26. The van der Waals surface area contributed by atoms with Crippen molar-refractivity contribution >= 4 is 15.9 Å². The molecule has 0 atom stereocenters. The number of alkyl halides is 2. The number of halogens is 3. The summed E-state index contributed by atoms with van der Waals surface area (Å²) < 4.78 is 44.5. The molecule has 1 heterocycles. The molecular weight excluding hydrogens is 290 g/mol. The lowest BCUT2D eigenvalue weighted by Gasteiger charge is -2.09. The highest BCUT2D eigenvalue weighted by atomic mass is 79.9. The first-order valence-electron chi connectivity index (χ1n) is 4.23. The van der Waals surface area contributed by atoms with Crippen LogP contribution >= 0.6 is 15.9 Å². The average Bonchev–Trinajstić information content (AvgIpc) is 2.51. The Morgan fingerprint density at radius 2 is 2.12 bits per heavy atom. The first kappa shape index (κ1) is 11.4. The number of hydrogen-bond acceptors (Lipinski definition) is 4. The molecule has 1 aromatic carbocycles. The van der Waals surface area contributed by atoms with Crippen LogP contribution in [0.1, 0.15) is 0 Å². The van der Waals surface area contributed by atoms with Crippen LogP contribution in [0.25, 0.3) is 0 Å². The molecule has 7 heteroatoms. The maximum absolute atomic E-state index is 12.8. The molecule has 0 spiro atoms. The molecular formula is C9H7BrF2O4. The van der Waals surface area contributed by atoms with E-state index < -0.39 is 6.29 Å². The molecule has 0 radical (unpaired) electrons. The van der Waals surface area contributed by atoms with Gasteiger partial charge in [-0.3, -0.25) is 0 Å². The second-order valence-electron chi connectivity index (χ2n) is 2.92. The molecule has 0 saturated carbocycles. The molecule has 0 N–H and O–H groups in total. The van der Waals surface area contributed by atoms with Crippen molar-refractivity contribution in [3.05, 3.63) is 16.6 Å². The molecule has 0 amide bonds. The number of benzene rings is 1. The van der Waals surface area contributed by atoms with E-state index >= 15 is 0 Å². The van der Waals surface area contributed by atoms with Crippen LogP contribution in [-0.4, -0.2) is 20.2 Å². The molecule has 0 unspecified atom stereocenters. The molecule has 0 fully saturated rings. The van der Waals surface area contributed by atoms with Crippen molar-refractivity contribution in [1.82, 2.24) is 0 Å². The molecule has 88 valence electrons. The Hall–Kier alpha value is -1.08. The van der Waals surface area contributed by atoms with Gasteiger partial charge in [-0.05, 0) is 28.1 Å². The third kappa shape index (κ3) is 2.05. The van der Waals surface area contributed by atoms with E-state index in [1.165, 1.54) is 19.2 Å². The minimum Gasteiger partial charge on any atom is -0.462 e. The highest BCUT2D eigenvalue weighted by Crippen LogP contribution is 2.50. The van der Waals surface area contributed by atoms with Crippen molar-refractivity contribution in [2.45, 2.75) is 6.29 Å². The molecule has 1 aliphatic heterocycles. The van der Waals surface area contributed by atoms with Gasteiger partial charge in [0.15, 0.2) is 18.3 Å². The van der Waals surface area contributed by atoms with Gasteiger partial charge in [-0.25, -0.2) is 0 Å². The number of hydrogen-bond donors (Lipinski definition) is 0. The normalized spacial score (nSPS) is 16.2. The van der Waals surface area contributed by atoms with Gasteiger partial charge >= 0.3 is 6.29 Å². The molecule has 2 rings (SSSR count). The highest BCUT2D eigenvalue weighted by molar-refractivity contribution is 9.10. The summed E-state index contributed by atoms with van der Waals surface area (Å²) in [7, 11) is 1.42. The van der Waals surface area contributed by atoms with E-state index in [9.17, 15) is 8.78 Å². The minimum atomic E-state index is -3.66. The SMILES string of the molecule is COCOc1c(Br)ccc2c1OC(F)(F)O2. The van der Waals surface area contributed by atoms with Crippen LogP contribution in [0.2, 0.25) is 0 Å². The summed E-state index contributed by atoms with van der Waals surface area (Å²) in [4.78, 5) is 0. The topological polar surface area (TPSA) is 36.9 Å². The number of rotatable bonds is 3. The number of fused-ring (bicyclic) bond motifs is 1. The lowest BCUT2D eigenvalue weighted by molar-refractivity contribution is -0.287. The number of methoxy groups -OCH3 is 1. The van der Waals surface area contributed by atoms with Crippen molar-refractivity contribution < 1.29 is 27.7 Å². The maximum Gasteiger partial charge on any atom is 0.586 e. The zero-order valence-electron chi connectivity index (χ0n) is 8.13. The summed E-state index contributed by atoms with van der Waals surface area (Å²) in [5.41, 5.74) is 0. The van der Waals surface area contributed by atoms with Crippen LogP contribution < -0.4 is 14.2 Å². The van der Waals surface area contributed by atoms with Crippen molar-refractivity contribution in [1.29, 1.82) is 0 Å². The van der Waals surface area contributed by atoms with E-state index in [1.54, 1.807) is 0 Å². The lowest BCUT2D eigenvalue weighted by atomic mass is 10.3. The second kappa shape index (κ2) is 4.06. The van der Waals surface area contributed by atoms with E-state index in [0.717, 1.165) is 0 Å². The van der Waals surface area contributed by atoms with E-state index in [1.807, 2.05) is 0 Å². The Balaban J connectivity index is 2.35. The Kier molecular flexibility index (Phi) is 2.90. The summed E-state index contributed by atoms with van der Waals surface area (Å²) in [6, 6.07) is 2.88. The molecule has 0 saturated heterocycles. The van der Waals surface area contributed by atoms with Gasteiger partial charge in [0.25, 0.3) is 0 Å². The van der Waals surface area contributed by atoms with Gasteiger partial charge in [-0.15, -0.1) is 8.78 Å². The predicted molar refractivity (Wildman–Crippen MR) is 52.8 cm³/mol. The third-order valence-corrected chi connectivity index (χ3v) is 2.42. The number of ether oxygens (including phenoxy) is 4. The maximum atomic E-state index is 12.8. The molecule has 4 nitrogen and oxygen atoms in total. The Morgan fingerprint density at radius 3 is 2.81 bits per heavy atom. The van der Waals surface area contributed by atoms with Crippen molar-refractivity contribution in [2.75, 3.05) is 13.9 Å². The first-order chi connectivity index (χ1) is 7.53. The zero-order chi connectivity index (χ0) is 11.8. The summed E-state index contributed by atoms with van der Waals surface area (Å²) in [6.45, 7) is -0.0794. The van der Waals surface area contributed by atoms with Gasteiger partial charge in [0.2, 0.25) is 5.75 Å². The molecule has 16 heavy (non-hydrogen) atoms. The van der Waals surface area contributed by atoms with E-state index in [-0.39, 0.29) is 24.0 Å². The standard InChI is InChI=1S/C9H7BrF2O4/c1-13-4-14-7-5(10)2-3-6-8(7)16-9(11,12)15-6/h2-3H,4H2,1H3. The zero-order valence-corrected chi connectivity index (χ0v) is 9.71. The van der Waals surface area contributed by atoms with Gasteiger partial charge in [0, 0.05) is 7.11 Å². The van der Waals surface area contributed by atoms with E-state index in [4.69, 9.17) is 4.74 Å². The summed E-state index contributed by atoms with van der Waals surface area (Å²) >= 11 is 3.16. The monoisotopic (exact) mass is 296 g/mol. The van der Waals surface area contributed by atoms with Gasteiger partial charge in [0.1, 0.15) is 0 Å². The van der Waals surface area contributed by atoms with E-state index in [2.05, 4.69) is 30.1 Å². The minimum absolute atomic E-state index is 0.0701. The predicted octanol–water partition coefficient (Wildman–Crippen LogP) is 2.75. The summed E-state index contributed by atoms with van der Waals surface area (Å²) in [5, 5.41) is 0. The van der Waals surface area contributed by atoms with Crippen LogP contribution in [0, 0.1) is 0 Å². The molecule has 1 aromatic rings. The second-order valence-corrected chi connectivity index (χ2v) is 3.78. The first-order valence-corrected chi connectivity index (χ1v) is 5.03. The van der Waals surface area contributed by atoms with E-state index in [0.29, 0.717) is 4.47 Å². The fraction of sp³-hybridized carbons (Fsp3) is 0.333. The average molecular weight is 297 g/mol. The Bertz CT molecular complexity index is 411. The van der Waals surface area contributed by atoms with Gasteiger partial charge in [-0.1, -0.05) is 0 Å². The van der Waals surface area contributed by atoms with Crippen LogP contribution in [-0.2, 0) is 4.74 Å². The largest absolute Gasteiger partial charge is 0.586 e. The summed E-state index contributed by atoms with van der Waals surface area (Å²) in [6.07, 6.45) is -3.66. The van der Waals surface area contributed by atoms with Crippen LogP contribution in [0.5, 0.6) is 17.2 Å². The summed E-state index contributed by atoms with van der Waals surface area (Å²) in [5.74, 6) is -0.0905. The van der Waals surface area contributed by atoms with Crippen molar-refractivity contribution in [3.63, 3.8) is 0 Å². The van der Waals surface area contributed by atoms with Crippen molar-refractivity contribution in [3.8, 4) is 17.2 Å². The van der Waals surface area contributed by atoms with Gasteiger partial charge in [-0.2, -0.15) is 0 Å².